The normalized spacial score (nSPS) is 16.6. The fourth-order valence-corrected chi connectivity index (χ4v) is 4.01. The Bertz CT molecular complexity index is 878. The summed E-state index contributed by atoms with van der Waals surface area (Å²) in [7, 11) is 3.28. The first-order valence-electron chi connectivity index (χ1n) is 10.3. The van der Waals surface area contributed by atoms with E-state index in [9.17, 15) is 4.79 Å². The van der Waals surface area contributed by atoms with Gasteiger partial charge in [-0.3, -0.25) is 4.79 Å². The Labute approximate surface area is 183 Å². The van der Waals surface area contributed by atoms with E-state index in [4.69, 9.17) is 9.47 Å². The average Bonchev–Trinajstić information content (AvgIpc) is 3.53. The summed E-state index contributed by atoms with van der Waals surface area (Å²) in [6, 6.07) is 6.21. The number of amides is 1. The molecule has 2 aliphatic rings. The van der Waals surface area contributed by atoms with Crippen molar-refractivity contribution in [1.29, 1.82) is 0 Å². The van der Waals surface area contributed by atoms with Crippen LogP contribution in [0.25, 0.3) is 0 Å². The highest BCUT2D eigenvalue weighted by molar-refractivity contribution is 5.93. The van der Waals surface area contributed by atoms with Crippen molar-refractivity contribution in [2.45, 2.75) is 51.2 Å². The summed E-state index contributed by atoms with van der Waals surface area (Å²) in [6.07, 6.45) is 4.04. The Hall–Kier alpha value is -2.32. The SMILES string of the molecule is COc1ccc(OC)c(CN(C(=O)c2nnn(C3CCNCC3)c2C)C2CC2)c1.Cl. The van der Waals surface area contributed by atoms with Crippen LogP contribution in [-0.2, 0) is 6.54 Å². The third-order valence-electron chi connectivity index (χ3n) is 5.86. The summed E-state index contributed by atoms with van der Waals surface area (Å²) in [6.45, 7) is 4.35. The number of carbonyl (C=O) groups excluding carboxylic acids is 1. The van der Waals surface area contributed by atoms with E-state index in [1.165, 1.54) is 0 Å². The molecule has 2 heterocycles. The Kier molecular flexibility index (Phi) is 7.20. The second-order valence-electron chi connectivity index (χ2n) is 7.79. The minimum Gasteiger partial charge on any atom is -0.497 e. The lowest BCUT2D eigenvalue weighted by Gasteiger charge is -2.24. The van der Waals surface area contributed by atoms with Crippen LogP contribution in [0.5, 0.6) is 11.5 Å². The van der Waals surface area contributed by atoms with Gasteiger partial charge in [-0.05, 0) is 63.9 Å². The van der Waals surface area contributed by atoms with Crippen molar-refractivity contribution in [1.82, 2.24) is 25.2 Å². The third-order valence-corrected chi connectivity index (χ3v) is 5.86. The second-order valence-corrected chi connectivity index (χ2v) is 7.79. The van der Waals surface area contributed by atoms with Gasteiger partial charge < -0.3 is 19.7 Å². The molecular formula is C21H30ClN5O3. The van der Waals surface area contributed by atoms with Gasteiger partial charge in [-0.2, -0.15) is 0 Å². The summed E-state index contributed by atoms with van der Waals surface area (Å²) in [5.41, 5.74) is 2.23. The van der Waals surface area contributed by atoms with Crippen LogP contribution in [0.15, 0.2) is 18.2 Å². The maximum absolute atomic E-state index is 13.4. The second kappa shape index (κ2) is 9.66. The molecule has 1 saturated heterocycles. The molecule has 1 aromatic heterocycles. The largest absolute Gasteiger partial charge is 0.497 e. The van der Waals surface area contributed by atoms with E-state index in [1.54, 1.807) is 14.2 Å². The van der Waals surface area contributed by atoms with Gasteiger partial charge in [0.05, 0.1) is 32.5 Å². The van der Waals surface area contributed by atoms with Crippen LogP contribution in [0.1, 0.15) is 53.5 Å². The Morgan fingerprint density at radius 3 is 2.57 bits per heavy atom. The molecule has 0 spiro atoms. The summed E-state index contributed by atoms with van der Waals surface area (Å²) in [5, 5.41) is 12.0. The number of halogens is 1. The van der Waals surface area contributed by atoms with Crippen molar-refractivity contribution < 1.29 is 14.3 Å². The number of aromatic nitrogens is 3. The van der Waals surface area contributed by atoms with Gasteiger partial charge in [-0.1, -0.05) is 5.21 Å². The first kappa shape index (κ1) is 22.4. The molecule has 1 N–H and O–H groups in total. The van der Waals surface area contributed by atoms with E-state index in [-0.39, 0.29) is 24.4 Å². The molecule has 1 aliphatic heterocycles. The highest BCUT2D eigenvalue weighted by Gasteiger charge is 2.36. The standard InChI is InChI=1S/C21H29N5O3.ClH/c1-14-20(23-24-26(14)17-8-10-22-11-9-17)21(27)25(16-4-5-16)13-15-12-18(28-2)6-7-19(15)29-3;/h6-7,12,16-17,22H,4-5,8-11,13H2,1-3H3;1H. The van der Waals surface area contributed by atoms with Gasteiger partial charge in [0.2, 0.25) is 0 Å². The molecule has 2 aromatic rings. The molecule has 4 rings (SSSR count). The smallest absolute Gasteiger partial charge is 0.276 e. The van der Waals surface area contributed by atoms with Crippen molar-refractivity contribution in [3.8, 4) is 11.5 Å². The highest BCUT2D eigenvalue weighted by atomic mass is 35.5. The number of nitrogens with zero attached hydrogens (tertiary/aromatic N) is 4. The number of methoxy groups -OCH3 is 2. The first-order valence-corrected chi connectivity index (χ1v) is 10.3. The zero-order valence-electron chi connectivity index (χ0n) is 17.8. The maximum Gasteiger partial charge on any atom is 0.276 e. The monoisotopic (exact) mass is 435 g/mol. The van der Waals surface area contributed by atoms with E-state index >= 15 is 0 Å². The molecule has 1 amide bonds. The van der Waals surface area contributed by atoms with Crippen LogP contribution in [0.4, 0.5) is 0 Å². The molecule has 30 heavy (non-hydrogen) atoms. The van der Waals surface area contributed by atoms with Gasteiger partial charge in [0.1, 0.15) is 11.5 Å². The van der Waals surface area contributed by atoms with Crippen LogP contribution >= 0.6 is 12.4 Å². The average molecular weight is 436 g/mol. The quantitative estimate of drug-likeness (QED) is 0.720. The molecule has 0 atom stereocenters. The maximum atomic E-state index is 13.4. The fraction of sp³-hybridized carbons (Fsp3) is 0.571. The summed E-state index contributed by atoms with van der Waals surface area (Å²) < 4.78 is 12.8. The number of ether oxygens (including phenoxy) is 2. The lowest BCUT2D eigenvalue weighted by Crippen LogP contribution is -2.34. The molecule has 0 bridgehead atoms. The lowest BCUT2D eigenvalue weighted by molar-refractivity contribution is 0.0721. The lowest BCUT2D eigenvalue weighted by atomic mass is 10.1. The summed E-state index contributed by atoms with van der Waals surface area (Å²) >= 11 is 0. The number of carbonyl (C=O) groups is 1. The van der Waals surface area contributed by atoms with Gasteiger partial charge in [0, 0.05) is 11.6 Å². The van der Waals surface area contributed by atoms with E-state index in [2.05, 4.69) is 15.6 Å². The molecule has 2 fully saturated rings. The number of hydrogen-bond acceptors (Lipinski definition) is 6. The minimum absolute atomic E-state index is 0. The van der Waals surface area contributed by atoms with Crippen molar-refractivity contribution in [2.75, 3.05) is 27.3 Å². The van der Waals surface area contributed by atoms with E-state index < -0.39 is 0 Å². The predicted octanol–water partition coefficient (Wildman–Crippen LogP) is 2.75. The molecule has 0 radical (unpaired) electrons. The van der Waals surface area contributed by atoms with E-state index in [0.717, 1.165) is 61.5 Å². The first-order chi connectivity index (χ1) is 14.1. The number of benzene rings is 1. The molecule has 8 nitrogen and oxygen atoms in total. The molecule has 9 heteroatoms. The van der Waals surface area contributed by atoms with Gasteiger partial charge in [0.25, 0.3) is 5.91 Å². The minimum atomic E-state index is -0.0601. The number of hydrogen-bond donors (Lipinski definition) is 1. The van der Waals surface area contributed by atoms with Gasteiger partial charge >= 0.3 is 0 Å². The molecule has 1 aromatic carbocycles. The predicted molar refractivity (Wildman–Crippen MR) is 116 cm³/mol. The Morgan fingerprint density at radius 1 is 1.20 bits per heavy atom. The molecule has 164 valence electrons. The van der Waals surface area contributed by atoms with Gasteiger partial charge in [-0.15, -0.1) is 17.5 Å². The van der Waals surface area contributed by atoms with Crippen LogP contribution in [0, 0.1) is 6.92 Å². The summed E-state index contributed by atoms with van der Waals surface area (Å²) in [5.74, 6) is 1.44. The van der Waals surface area contributed by atoms with Crippen LogP contribution in [0.2, 0.25) is 0 Å². The van der Waals surface area contributed by atoms with Crippen molar-refractivity contribution in [3.63, 3.8) is 0 Å². The van der Waals surface area contributed by atoms with Crippen LogP contribution < -0.4 is 14.8 Å². The third kappa shape index (κ3) is 4.54. The molecular weight excluding hydrogens is 406 g/mol. The van der Waals surface area contributed by atoms with E-state index in [1.807, 2.05) is 34.7 Å². The van der Waals surface area contributed by atoms with Gasteiger partial charge in [0.15, 0.2) is 5.69 Å². The Balaban J connectivity index is 0.00000256. The molecule has 0 unspecified atom stereocenters. The molecule has 1 aliphatic carbocycles. The van der Waals surface area contributed by atoms with Crippen molar-refractivity contribution in [2.24, 2.45) is 0 Å². The number of nitrogens with one attached hydrogen (secondary N) is 1. The molecule has 1 saturated carbocycles. The number of rotatable bonds is 7. The fourth-order valence-electron chi connectivity index (χ4n) is 4.01. The van der Waals surface area contributed by atoms with Crippen molar-refractivity contribution >= 4 is 18.3 Å². The highest BCUT2D eigenvalue weighted by Crippen LogP contribution is 2.33. The van der Waals surface area contributed by atoms with Crippen LogP contribution in [-0.4, -0.2) is 59.2 Å². The topological polar surface area (TPSA) is 81.5 Å². The van der Waals surface area contributed by atoms with Crippen LogP contribution in [0.3, 0.4) is 0 Å². The van der Waals surface area contributed by atoms with Gasteiger partial charge in [-0.25, -0.2) is 4.68 Å². The van der Waals surface area contributed by atoms with Crippen molar-refractivity contribution in [3.05, 3.63) is 35.2 Å². The van der Waals surface area contributed by atoms with E-state index in [0.29, 0.717) is 18.3 Å². The number of piperidine rings is 1. The zero-order valence-corrected chi connectivity index (χ0v) is 18.6. The zero-order chi connectivity index (χ0) is 20.4. The summed E-state index contributed by atoms with van der Waals surface area (Å²) in [4.78, 5) is 15.3. The Morgan fingerprint density at radius 2 is 1.93 bits per heavy atom.